The minimum atomic E-state index is -4.92. The highest BCUT2D eigenvalue weighted by Gasteiger charge is 2.59. The fraction of sp³-hybridized carbons (Fsp3) is 0.545. The zero-order valence-electron chi connectivity index (χ0n) is 31.1. The molecule has 19 nitrogen and oxygen atoms in total. The maximum absolute atomic E-state index is 14.5. The highest BCUT2D eigenvalue weighted by Crippen LogP contribution is 2.50. The Labute approximate surface area is 311 Å². The van der Waals surface area contributed by atoms with Crippen LogP contribution in [-0.2, 0) is 51.5 Å². The Hall–Kier alpha value is -3.93. The number of nitrogens with zero attached hydrogens (tertiary/aromatic N) is 3. The van der Waals surface area contributed by atoms with E-state index in [-0.39, 0.29) is 11.6 Å². The molecule has 6 atom stereocenters. The van der Waals surface area contributed by atoms with E-state index in [0.717, 1.165) is 0 Å². The highest BCUT2D eigenvalue weighted by atomic mass is 31.2. The zero-order chi connectivity index (χ0) is 40.2. The quantitative estimate of drug-likeness (QED) is 0.0857. The summed E-state index contributed by atoms with van der Waals surface area (Å²) < 4.78 is 67.5. The highest BCUT2D eigenvalue weighted by molar-refractivity contribution is 7.52. The van der Waals surface area contributed by atoms with Crippen LogP contribution in [0.15, 0.2) is 48.8 Å². The van der Waals surface area contributed by atoms with Crippen molar-refractivity contribution in [2.24, 2.45) is 11.8 Å². The van der Waals surface area contributed by atoms with Crippen LogP contribution in [0.2, 0.25) is 0 Å². The molecule has 1 aliphatic rings. The first-order chi connectivity index (χ1) is 25.0. The maximum atomic E-state index is 14.5. The number of anilines is 1. The molecule has 1 aromatic carbocycles. The van der Waals surface area contributed by atoms with E-state index in [1.807, 2.05) is 0 Å². The molecular weight excluding hydrogens is 752 g/mol. The number of para-hydroxylation sites is 1. The molecule has 21 heteroatoms. The van der Waals surface area contributed by atoms with Crippen LogP contribution in [-0.4, -0.2) is 85.0 Å². The summed E-state index contributed by atoms with van der Waals surface area (Å²) in [6.45, 7) is 10.7. The van der Waals surface area contributed by atoms with Gasteiger partial charge in [-0.1, -0.05) is 45.9 Å². The molecule has 1 saturated heterocycles. The third-order valence-corrected chi connectivity index (χ3v) is 10.3. The van der Waals surface area contributed by atoms with E-state index in [1.165, 1.54) is 50.7 Å². The number of nitrogen functional groups attached to an aromatic ring is 1. The monoisotopic (exact) mass is 799 g/mol. The van der Waals surface area contributed by atoms with Gasteiger partial charge in [-0.25, -0.2) is 18.6 Å². The van der Waals surface area contributed by atoms with E-state index in [9.17, 15) is 33.3 Å². The lowest BCUT2D eigenvalue weighted by atomic mass is 9.95. The number of ether oxygens (including phenoxy) is 4. The van der Waals surface area contributed by atoms with E-state index < -0.39 is 94.1 Å². The molecule has 1 aliphatic heterocycles. The SMILES string of the molecule is CC(C)C(=O)O[C@H]1[C@H](c2ccc3c(N)ncnn23)O[C@](C)(COP(=O)(N[C@@H](C)C(=O)OCC(C)(C)OP(=O)(O)O)Oc2ccccc2)[C@H]1OC(=O)C(C)C. The number of phosphoric acid groups is 1. The summed E-state index contributed by atoms with van der Waals surface area (Å²) in [7, 11) is -9.51. The van der Waals surface area contributed by atoms with Crippen molar-refractivity contribution in [1.82, 2.24) is 19.7 Å². The van der Waals surface area contributed by atoms with Gasteiger partial charge in [-0.3, -0.25) is 23.4 Å². The van der Waals surface area contributed by atoms with E-state index in [1.54, 1.807) is 58.0 Å². The number of hydrogen-bond donors (Lipinski definition) is 4. The van der Waals surface area contributed by atoms with Crippen LogP contribution < -0.4 is 15.3 Å². The first-order valence-corrected chi connectivity index (χ1v) is 20.0. The molecule has 1 unspecified atom stereocenters. The second-order valence-electron chi connectivity index (χ2n) is 14.1. The molecule has 0 saturated carbocycles. The Bertz CT molecular complexity index is 1900. The van der Waals surface area contributed by atoms with Gasteiger partial charge in [-0.2, -0.15) is 10.2 Å². The van der Waals surface area contributed by atoms with Gasteiger partial charge in [-0.15, -0.1) is 0 Å². The van der Waals surface area contributed by atoms with Gasteiger partial charge in [0.1, 0.15) is 47.5 Å². The van der Waals surface area contributed by atoms with E-state index in [2.05, 4.69) is 19.7 Å². The van der Waals surface area contributed by atoms with Gasteiger partial charge in [0.05, 0.1) is 24.1 Å². The van der Waals surface area contributed by atoms with Crippen LogP contribution >= 0.6 is 15.6 Å². The number of rotatable bonds is 17. The average molecular weight is 800 g/mol. The van der Waals surface area contributed by atoms with Crippen LogP contribution in [0.1, 0.15) is 67.2 Å². The van der Waals surface area contributed by atoms with Gasteiger partial charge in [0.25, 0.3) is 0 Å². The van der Waals surface area contributed by atoms with Gasteiger partial charge >= 0.3 is 33.5 Å². The second kappa shape index (κ2) is 16.8. The third kappa shape index (κ3) is 10.9. The van der Waals surface area contributed by atoms with Crippen LogP contribution in [0.25, 0.3) is 5.52 Å². The number of nitrogens with two attached hydrogens (primary N) is 1. The molecule has 3 heterocycles. The Balaban J connectivity index is 1.69. The lowest BCUT2D eigenvalue weighted by Crippen LogP contribution is -2.49. The number of hydrogen-bond acceptors (Lipinski definition) is 15. The number of carbonyl (C=O) groups excluding carboxylic acids is 3. The van der Waals surface area contributed by atoms with Crippen LogP contribution in [0.3, 0.4) is 0 Å². The molecule has 1 fully saturated rings. The van der Waals surface area contributed by atoms with Crippen molar-refractivity contribution < 1.29 is 65.8 Å². The Kier molecular flexibility index (Phi) is 13.3. The topological polar surface area (TPSA) is 259 Å². The first-order valence-electron chi connectivity index (χ1n) is 16.9. The summed E-state index contributed by atoms with van der Waals surface area (Å²) in [6, 6.07) is 9.79. The molecular formula is C33H47N5O14P2. The van der Waals surface area contributed by atoms with Gasteiger partial charge in [0.15, 0.2) is 18.0 Å². The number of fused-ring (bicyclic) bond motifs is 1. The molecule has 2 aromatic heterocycles. The van der Waals surface area contributed by atoms with E-state index in [0.29, 0.717) is 11.2 Å². The lowest BCUT2D eigenvalue weighted by Gasteiger charge is -2.33. The predicted octanol–water partition coefficient (Wildman–Crippen LogP) is 3.89. The molecule has 0 spiro atoms. The lowest BCUT2D eigenvalue weighted by molar-refractivity contribution is -0.175. The third-order valence-electron chi connectivity index (χ3n) is 7.96. The van der Waals surface area contributed by atoms with Crippen molar-refractivity contribution >= 4 is 44.8 Å². The molecule has 4 rings (SSSR count). The minimum absolute atomic E-state index is 0.0869. The Morgan fingerprint density at radius 1 is 1.00 bits per heavy atom. The number of aromatic nitrogens is 3. The smallest absolute Gasteiger partial charge is 0.461 e. The normalized spacial score (nSPS) is 22.2. The number of phosphoric ester groups is 1. The maximum Gasteiger partial charge on any atom is 0.470 e. The predicted molar refractivity (Wildman–Crippen MR) is 190 cm³/mol. The average Bonchev–Trinajstić information content (AvgIpc) is 3.61. The summed E-state index contributed by atoms with van der Waals surface area (Å²) in [4.78, 5) is 61.7. The Morgan fingerprint density at radius 3 is 2.24 bits per heavy atom. The van der Waals surface area contributed by atoms with Gasteiger partial charge in [-0.05, 0) is 52.0 Å². The summed E-state index contributed by atoms with van der Waals surface area (Å²) in [5.41, 5.74) is 3.58. The van der Waals surface area contributed by atoms with Crippen molar-refractivity contribution in [3.63, 3.8) is 0 Å². The van der Waals surface area contributed by atoms with Crippen LogP contribution in [0.4, 0.5) is 5.82 Å². The fourth-order valence-corrected chi connectivity index (χ4v) is 7.52. The molecule has 0 bridgehead atoms. The molecule has 54 heavy (non-hydrogen) atoms. The number of carbonyl (C=O) groups is 3. The summed E-state index contributed by atoms with van der Waals surface area (Å²) in [5, 5.41) is 6.81. The molecule has 0 amide bonds. The fourth-order valence-electron chi connectivity index (χ4n) is 5.24. The molecule has 0 aliphatic carbocycles. The van der Waals surface area contributed by atoms with E-state index >= 15 is 0 Å². The number of benzene rings is 1. The van der Waals surface area contributed by atoms with Crippen LogP contribution in [0.5, 0.6) is 5.75 Å². The van der Waals surface area contributed by atoms with Crippen molar-refractivity contribution in [1.29, 1.82) is 0 Å². The Morgan fingerprint density at radius 2 is 1.63 bits per heavy atom. The summed E-state index contributed by atoms with van der Waals surface area (Å²) in [5.74, 6) is -3.23. The number of nitrogens with one attached hydrogen (secondary N) is 1. The summed E-state index contributed by atoms with van der Waals surface area (Å²) >= 11 is 0. The number of esters is 3. The van der Waals surface area contributed by atoms with Gasteiger partial charge in [0.2, 0.25) is 0 Å². The molecule has 3 aromatic rings. The van der Waals surface area contributed by atoms with E-state index in [4.69, 9.17) is 33.7 Å². The van der Waals surface area contributed by atoms with Crippen molar-refractivity contribution in [3.05, 3.63) is 54.5 Å². The van der Waals surface area contributed by atoms with Gasteiger partial charge in [0, 0.05) is 0 Å². The van der Waals surface area contributed by atoms with Gasteiger partial charge < -0.3 is 39.0 Å². The molecule has 5 N–H and O–H groups in total. The minimum Gasteiger partial charge on any atom is -0.461 e. The molecule has 0 radical (unpaired) electrons. The van der Waals surface area contributed by atoms with Crippen molar-refractivity contribution in [2.45, 2.75) is 90.9 Å². The molecule has 298 valence electrons. The second-order valence-corrected chi connectivity index (χ2v) is 17.0. The zero-order valence-corrected chi connectivity index (χ0v) is 32.9. The first kappa shape index (κ1) is 42.8. The summed E-state index contributed by atoms with van der Waals surface area (Å²) in [6.07, 6.45) is -2.54. The largest absolute Gasteiger partial charge is 0.470 e. The van der Waals surface area contributed by atoms with Crippen molar-refractivity contribution in [3.8, 4) is 5.75 Å². The van der Waals surface area contributed by atoms with Crippen molar-refractivity contribution in [2.75, 3.05) is 18.9 Å². The standard InChI is InChI=1S/C33H47N5O14P2/c1-19(2)29(39)48-26-25(23-14-15-24-28(34)35-18-36-38(23)24)50-33(8,27(26)49-30(40)20(3)4)17-47-53(42,51-22-12-10-9-11-13-22)37-21(5)31(41)46-16-32(6,7)52-54(43,44)45/h9-15,18-21,25-27H,16-17H2,1-8H3,(H,37,42)(H2,34,35,36)(H2,43,44,45)/t21-,25-,26-,27-,33+,53?/m0/s1. The van der Waals surface area contributed by atoms with Crippen LogP contribution in [0, 0.1) is 11.8 Å².